The number of nitrogens with zero attached hydrogens (tertiary/aromatic N) is 2. The first kappa shape index (κ1) is 9.24. The molecule has 0 aromatic carbocycles. The summed E-state index contributed by atoms with van der Waals surface area (Å²) < 4.78 is 4.63. The van der Waals surface area contributed by atoms with Crippen molar-refractivity contribution in [3.05, 3.63) is 12.4 Å². The Labute approximate surface area is 75.1 Å². The number of ether oxygens (including phenoxy) is 1. The zero-order valence-electron chi connectivity index (χ0n) is 7.15. The molecule has 0 spiro atoms. The number of nitrogen functional groups attached to an aromatic ring is 1. The van der Waals surface area contributed by atoms with Crippen LogP contribution in [0, 0.1) is 0 Å². The van der Waals surface area contributed by atoms with E-state index in [1.54, 1.807) is 6.92 Å². The fourth-order valence-corrected chi connectivity index (χ4v) is 0.712. The molecule has 0 aliphatic carbocycles. The van der Waals surface area contributed by atoms with Crippen LogP contribution in [0.1, 0.15) is 6.92 Å². The second-order valence-electron chi connectivity index (χ2n) is 2.17. The van der Waals surface area contributed by atoms with Crippen molar-refractivity contribution in [3.63, 3.8) is 0 Å². The largest absolute Gasteiger partial charge is 0.450 e. The van der Waals surface area contributed by atoms with Gasteiger partial charge in [0.25, 0.3) is 0 Å². The maximum atomic E-state index is 10.9. The van der Waals surface area contributed by atoms with E-state index in [0.29, 0.717) is 18.2 Å². The first-order valence-corrected chi connectivity index (χ1v) is 3.73. The molecule has 1 rings (SSSR count). The van der Waals surface area contributed by atoms with Crippen molar-refractivity contribution >= 4 is 17.7 Å². The number of nitrogens with one attached hydrogen (secondary N) is 1. The Bertz CT molecular complexity index is 302. The first-order chi connectivity index (χ1) is 6.22. The Kier molecular flexibility index (Phi) is 3.02. The number of hydrogen-bond acceptors (Lipinski definition) is 5. The average molecular weight is 182 g/mol. The quantitative estimate of drug-likeness (QED) is 0.699. The second kappa shape index (κ2) is 4.24. The van der Waals surface area contributed by atoms with Gasteiger partial charge in [0.05, 0.1) is 6.61 Å². The maximum absolute atomic E-state index is 10.9. The minimum Gasteiger partial charge on any atom is -0.450 e. The highest BCUT2D eigenvalue weighted by Gasteiger charge is 2.02. The van der Waals surface area contributed by atoms with Gasteiger partial charge in [-0.25, -0.2) is 14.8 Å². The van der Waals surface area contributed by atoms with Crippen molar-refractivity contribution in [2.75, 3.05) is 17.7 Å². The molecule has 0 bridgehead atoms. The summed E-state index contributed by atoms with van der Waals surface area (Å²) in [5, 5.41) is 2.39. The van der Waals surface area contributed by atoms with Crippen molar-refractivity contribution in [3.8, 4) is 0 Å². The number of nitrogens with two attached hydrogens (primary N) is 1. The van der Waals surface area contributed by atoms with Gasteiger partial charge < -0.3 is 10.5 Å². The van der Waals surface area contributed by atoms with Gasteiger partial charge in [-0.1, -0.05) is 0 Å². The van der Waals surface area contributed by atoms with E-state index in [2.05, 4.69) is 20.0 Å². The molecule has 0 fully saturated rings. The standard InChI is InChI=1S/C7H10N4O2/c1-2-13-7(12)11-6-3-5(8)9-4-10-6/h3-4H,2H2,1H3,(H3,8,9,10,11,12). The molecular weight excluding hydrogens is 172 g/mol. The molecule has 0 saturated carbocycles. The lowest BCUT2D eigenvalue weighted by atomic mass is 10.5. The zero-order chi connectivity index (χ0) is 9.68. The molecule has 6 heteroatoms. The van der Waals surface area contributed by atoms with E-state index in [9.17, 15) is 4.79 Å². The Balaban J connectivity index is 2.58. The molecule has 0 atom stereocenters. The van der Waals surface area contributed by atoms with Gasteiger partial charge in [0.2, 0.25) is 0 Å². The Morgan fingerprint density at radius 3 is 3.08 bits per heavy atom. The highest BCUT2D eigenvalue weighted by Crippen LogP contribution is 2.04. The highest BCUT2D eigenvalue weighted by molar-refractivity contribution is 5.83. The predicted octanol–water partition coefficient (Wildman–Crippen LogP) is 0.627. The topological polar surface area (TPSA) is 90.1 Å². The predicted molar refractivity (Wildman–Crippen MR) is 47.1 cm³/mol. The molecule has 6 nitrogen and oxygen atoms in total. The Morgan fingerprint density at radius 2 is 2.46 bits per heavy atom. The lowest BCUT2D eigenvalue weighted by Crippen LogP contribution is -2.14. The van der Waals surface area contributed by atoms with Gasteiger partial charge in [0, 0.05) is 6.07 Å². The molecule has 3 N–H and O–H groups in total. The third-order valence-electron chi connectivity index (χ3n) is 1.19. The molecule has 1 aromatic rings. The van der Waals surface area contributed by atoms with E-state index in [-0.39, 0.29) is 0 Å². The van der Waals surface area contributed by atoms with Gasteiger partial charge in [0.1, 0.15) is 18.0 Å². The molecule has 13 heavy (non-hydrogen) atoms. The van der Waals surface area contributed by atoms with E-state index in [1.165, 1.54) is 12.4 Å². The van der Waals surface area contributed by atoms with E-state index in [1.807, 2.05) is 0 Å². The van der Waals surface area contributed by atoms with Crippen LogP contribution in [0.5, 0.6) is 0 Å². The summed E-state index contributed by atoms with van der Waals surface area (Å²) in [7, 11) is 0. The molecule has 1 aromatic heterocycles. The summed E-state index contributed by atoms with van der Waals surface area (Å²) in [6.07, 6.45) is 0.706. The van der Waals surface area contributed by atoms with Crippen molar-refractivity contribution < 1.29 is 9.53 Å². The summed E-state index contributed by atoms with van der Waals surface area (Å²) in [6, 6.07) is 1.44. The van der Waals surface area contributed by atoms with Gasteiger partial charge in [-0.2, -0.15) is 0 Å². The van der Waals surface area contributed by atoms with Gasteiger partial charge >= 0.3 is 6.09 Å². The monoisotopic (exact) mass is 182 g/mol. The molecule has 70 valence electrons. The molecule has 0 aliphatic heterocycles. The van der Waals surface area contributed by atoms with Gasteiger partial charge in [0.15, 0.2) is 0 Å². The summed E-state index contributed by atoms with van der Waals surface area (Å²) in [4.78, 5) is 18.3. The third kappa shape index (κ3) is 2.94. The van der Waals surface area contributed by atoms with Crippen LogP contribution >= 0.6 is 0 Å². The fourth-order valence-electron chi connectivity index (χ4n) is 0.712. The van der Waals surface area contributed by atoms with Crippen molar-refractivity contribution in [1.82, 2.24) is 9.97 Å². The van der Waals surface area contributed by atoms with Crippen molar-refractivity contribution in [2.24, 2.45) is 0 Å². The highest BCUT2D eigenvalue weighted by atomic mass is 16.5. The van der Waals surface area contributed by atoms with E-state index in [0.717, 1.165) is 0 Å². The molecule has 0 saturated heterocycles. The summed E-state index contributed by atoms with van der Waals surface area (Å²) in [5.41, 5.74) is 5.37. The van der Waals surface area contributed by atoms with Crippen LogP contribution in [-0.4, -0.2) is 22.7 Å². The number of aromatic nitrogens is 2. The Hall–Kier alpha value is -1.85. The molecule has 1 heterocycles. The number of anilines is 2. The third-order valence-corrected chi connectivity index (χ3v) is 1.19. The van der Waals surface area contributed by atoms with Crippen LogP contribution in [0.4, 0.5) is 16.4 Å². The number of amides is 1. The van der Waals surface area contributed by atoms with Crippen LogP contribution in [0.2, 0.25) is 0 Å². The SMILES string of the molecule is CCOC(=O)Nc1cc(N)ncn1. The van der Waals surface area contributed by atoms with Crippen LogP contribution < -0.4 is 11.1 Å². The molecule has 0 aliphatic rings. The first-order valence-electron chi connectivity index (χ1n) is 3.73. The van der Waals surface area contributed by atoms with E-state index >= 15 is 0 Å². The lowest BCUT2D eigenvalue weighted by molar-refractivity contribution is 0.168. The van der Waals surface area contributed by atoms with Gasteiger partial charge in [-0.3, -0.25) is 5.32 Å². The normalized spacial score (nSPS) is 9.31. The van der Waals surface area contributed by atoms with Crippen LogP contribution in [0.15, 0.2) is 12.4 Å². The van der Waals surface area contributed by atoms with Crippen LogP contribution in [-0.2, 0) is 4.74 Å². The zero-order valence-corrected chi connectivity index (χ0v) is 7.15. The number of carbonyl (C=O) groups excluding carboxylic acids is 1. The molecule has 0 unspecified atom stereocenters. The average Bonchev–Trinajstić information content (AvgIpc) is 2.04. The van der Waals surface area contributed by atoms with Crippen molar-refractivity contribution in [2.45, 2.75) is 6.92 Å². The van der Waals surface area contributed by atoms with Crippen LogP contribution in [0.3, 0.4) is 0 Å². The second-order valence-corrected chi connectivity index (χ2v) is 2.17. The van der Waals surface area contributed by atoms with Crippen molar-refractivity contribution in [1.29, 1.82) is 0 Å². The van der Waals surface area contributed by atoms with E-state index in [4.69, 9.17) is 5.73 Å². The molecule has 0 radical (unpaired) electrons. The van der Waals surface area contributed by atoms with Gasteiger partial charge in [-0.15, -0.1) is 0 Å². The number of hydrogen-bond donors (Lipinski definition) is 2. The summed E-state index contributed by atoms with van der Waals surface area (Å²) in [5.74, 6) is 0.618. The number of carbonyl (C=O) groups is 1. The van der Waals surface area contributed by atoms with E-state index < -0.39 is 6.09 Å². The summed E-state index contributed by atoms with van der Waals surface area (Å²) in [6.45, 7) is 2.03. The minimum atomic E-state index is -0.555. The fraction of sp³-hybridized carbons (Fsp3) is 0.286. The maximum Gasteiger partial charge on any atom is 0.412 e. The summed E-state index contributed by atoms with van der Waals surface area (Å²) >= 11 is 0. The molecule has 1 amide bonds. The van der Waals surface area contributed by atoms with Gasteiger partial charge in [-0.05, 0) is 6.92 Å². The Morgan fingerprint density at radius 1 is 1.69 bits per heavy atom. The number of rotatable bonds is 2. The minimum absolute atomic E-state index is 0.293. The molecular formula is C7H10N4O2. The lowest BCUT2D eigenvalue weighted by Gasteiger charge is -2.03. The van der Waals surface area contributed by atoms with Crippen LogP contribution in [0.25, 0.3) is 0 Å². The smallest absolute Gasteiger partial charge is 0.412 e.